The van der Waals surface area contributed by atoms with E-state index in [0.717, 1.165) is 12.1 Å². The second kappa shape index (κ2) is 8.64. The second-order valence-electron chi connectivity index (χ2n) is 6.02. The molecular weight excluding hydrogens is 377 g/mol. The quantitative estimate of drug-likeness (QED) is 0.758. The van der Waals surface area contributed by atoms with Crippen LogP contribution in [-0.4, -0.2) is 25.0 Å². The number of benzene rings is 2. The average molecular weight is 396 g/mol. The molecule has 0 spiro atoms. The highest BCUT2D eigenvalue weighted by Crippen LogP contribution is 2.30. The van der Waals surface area contributed by atoms with Crippen LogP contribution in [0.1, 0.15) is 40.1 Å². The lowest BCUT2D eigenvalue weighted by Crippen LogP contribution is -2.41. The summed E-state index contributed by atoms with van der Waals surface area (Å²) in [6.07, 6.45) is -4.67. The monoisotopic (exact) mass is 396 g/mol. The zero-order valence-electron chi connectivity index (χ0n) is 15.4. The van der Waals surface area contributed by atoms with Gasteiger partial charge in [-0.2, -0.15) is 13.2 Å². The summed E-state index contributed by atoms with van der Waals surface area (Å²) < 4.78 is 48.9. The Kier molecular flexibility index (Phi) is 6.50. The van der Waals surface area contributed by atoms with E-state index in [4.69, 9.17) is 9.47 Å². The largest absolute Gasteiger partial charge is 0.493 e. The van der Waals surface area contributed by atoms with Gasteiger partial charge in [-0.05, 0) is 50.2 Å². The van der Waals surface area contributed by atoms with E-state index in [0.29, 0.717) is 17.6 Å². The lowest BCUT2D eigenvalue weighted by atomic mass is 10.1. The Morgan fingerprint density at radius 3 is 2.07 bits per heavy atom. The molecule has 0 fully saturated rings. The molecule has 0 unspecified atom stereocenters. The number of hydrogen-bond donors (Lipinski definition) is 2. The molecule has 0 heterocycles. The Hall–Kier alpha value is -3.23. The van der Waals surface area contributed by atoms with E-state index in [9.17, 15) is 22.8 Å². The minimum absolute atomic E-state index is 0.0969. The number of amides is 2. The van der Waals surface area contributed by atoms with Crippen molar-refractivity contribution in [1.29, 1.82) is 0 Å². The number of carbonyl (C=O) groups is 2. The molecule has 150 valence electrons. The van der Waals surface area contributed by atoms with Gasteiger partial charge in [0.25, 0.3) is 11.8 Å². The van der Waals surface area contributed by atoms with Crippen LogP contribution in [-0.2, 0) is 6.18 Å². The third-order valence-electron chi connectivity index (χ3n) is 3.53. The maximum Gasteiger partial charge on any atom is 0.416 e. The van der Waals surface area contributed by atoms with Gasteiger partial charge in [-0.1, -0.05) is 6.07 Å². The van der Waals surface area contributed by atoms with Gasteiger partial charge in [0.1, 0.15) is 0 Å². The first-order chi connectivity index (χ1) is 13.1. The van der Waals surface area contributed by atoms with Crippen molar-refractivity contribution in [2.75, 3.05) is 7.11 Å². The van der Waals surface area contributed by atoms with Crippen LogP contribution in [0, 0.1) is 0 Å². The summed E-state index contributed by atoms with van der Waals surface area (Å²) in [7, 11) is 1.42. The lowest BCUT2D eigenvalue weighted by Gasteiger charge is -2.14. The molecule has 2 aromatic rings. The van der Waals surface area contributed by atoms with E-state index in [1.165, 1.54) is 25.3 Å². The Morgan fingerprint density at radius 1 is 0.929 bits per heavy atom. The SMILES string of the molecule is COc1cc(C(=O)NNC(=O)c2cccc(C(F)(F)F)c2)ccc1OC(C)C. The maximum atomic E-state index is 12.7. The summed E-state index contributed by atoms with van der Waals surface area (Å²) in [5.41, 5.74) is 3.19. The number of carbonyl (C=O) groups excluding carboxylic acids is 2. The van der Waals surface area contributed by atoms with Gasteiger partial charge in [0.15, 0.2) is 11.5 Å². The van der Waals surface area contributed by atoms with E-state index in [1.54, 1.807) is 6.07 Å². The molecule has 0 aliphatic heterocycles. The van der Waals surface area contributed by atoms with E-state index in [2.05, 4.69) is 10.9 Å². The fourth-order valence-corrected chi connectivity index (χ4v) is 2.25. The highest BCUT2D eigenvalue weighted by atomic mass is 19.4. The smallest absolute Gasteiger partial charge is 0.416 e. The van der Waals surface area contributed by atoms with E-state index >= 15 is 0 Å². The molecule has 0 aliphatic rings. The predicted molar refractivity (Wildman–Crippen MR) is 95.1 cm³/mol. The molecule has 28 heavy (non-hydrogen) atoms. The molecule has 6 nitrogen and oxygen atoms in total. The molecule has 2 aromatic carbocycles. The van der Waals surface area contributed by atoms with Gasteiger partial charge in [-0.3, -0.25) is 20.4 Å². The fraction of sp³-hybridized carbons (Fsp3) is 0.263. The highest BCUT2D eigenvalue weighted by Gasteiger charge is 2.30. The molecule has 0 saturated carbocycles. The minimum Gasteiger partial charge on any atom is -0.493 e. The molecule has 9 heteroatoms. The number of rotatable bonds is 5. The number of nitrogens with one attached hydrogen (secondary N) is 2. The third kappa shape index (κ3) is 5.38. The maximum absolute atomic E-state index is 12.7. The first-order valence-electron chi connectivity index (χ1n) is 8.24. The first-order valence-corrected chi connectivity index (χ1v) is 8.24. The summed E-state index contributed by atoms with van der Waals surface area (Å²) in [6, 6.07) is 8.29. The predicted octanol–water partition coefficient (Wildman–Crippen LogP) is 3.58. The van der Waals surface area contributed by atoms with Gasteiger partial charge >= 0.3 is 6.18 Å². The van der Waals surface area contributed by atoms with Crippen LogP contribution in [0.2, 0.25) is 0 Å². The normalized spacial score (nSPS) is 11.1. The Balaban J connectivity index is 2.07. The van der Waals surface area contributed by atoms with Crippen LogP contribution in [0.5, 0.6) is 11.5 Å². The number of halogens is 3. The zero-order valence-corrected chi connectivity index (χ0v) is 15.4. The van der Waals surface area contributed by atoms with Crippen molar-refractivity contribution >= 4 is 11.8 Å². The van der Waals surface area contributed by atoms with Crippen molar-refractivity contribution in [1.82, 2.24) is 10.9 Å². The van der Waals surface area contributed by atoms with Crippen molar-refractivity contribution in [2.24, 2.45) is 0 Å². The molecule has 0 aromatic heterocycles. The molecular formula is C19H19F3N2O4. The number of hydrogen-bond acceptors (Lipinski definition) is 4. The molecule has 0 aliphatic carbocycles. The second-order valence-corrected chi connectivity index (χ2v) is 6.02. The van der Waals surface area contributed by atoms with Crippen LogP contribution in [0.3, 0.4) is 0 Å². The van der Waals surface area contributed by atoms with Gasteiger partial charge in [0.05, 0.1) is 18.8 Å². The lowest BCUT2D eigenvalue weighted by molar-refractivity contribution is -0.137. The van der Waals surface area contributed by atoms with Gasteiger partial charge in [-0.15, -0.1) is 0 Å². The van der Waals surface area contributed by atoms with Crippen LogP contribution < -0.4 is 20.3 Å². The Labute approximate surface area is 159 Å². The first kappa shape index (κ1) is 21.1. The topological polar surface area (TPSA) is 76.7 Å². The van der Waals surface area contributed by atoms with Crippen molar-refractivity contribution in [3.05, 3.63) is 59.2 Å². The number of alkyl halides is 3. The molecule has 0 bridgehead atoms. The number of hydrazine groups is 1. The van der Waals surface area contributed by atoms with E-state index in [-0.39, 0.29) is 17.2 Å². The van der Waals surface area contributed by atoms with Crippen LogP contribution in [0.15, 0.2) is 42.5 Å². The molecule has 0 atom stereocenters. The third-order valence-corrected chi connectivity index (χ3v) is 3.53. The summed E-state index contributed by atoms with van der Waals surface area (Å²) >= 11 is 0. The van der Waals surface area contributed by atoms with E-state index in [1.807, 2.05) is 13.8 Å². The van der Waals surface area contributed by atoms with Crippen LogP contribution in [0.4, 0.5) is 13.2 Å². The highest BCUT2D eigenvalue weighted by molar-refractivity contribution is 5.99. The summed E-state index contributed by atoms with van der Waals surface area (Å²) in [4.78, 5) is 24.2. The van der Waals surface area contributed by atoms with Gasteiger partial charge in [-0.25, -0.2) is 0 Å². The standard InChI is InChI=1S/C19H19F3N2O4/c1-11(2)28-15-8-7-13(10-16(15)27-3)18(26)24-23-17(25)12-5-4-6-14(9-12)19(20,21)22/h4-11H,1-3H3,(H,23,25)(H,24,26). The molecule has 2 amide bonds. The number of methoxy groups -OCH3 is 1. The van der Waals surface area contributed by atoms with Crippen molar-refractivity contribution in [3.63, 3.8) is 0 Å². The van der Waals surface area contributed by atoms with Gasteiger partial charge in [0, 0.05) is 11.1 Å². The molecule has 0 radical (unpaired) electrons. The molecule has 2 rings (SSSR count). The fourth-order valence-electron chi connectivity index (χ4n) is 2.25. The van der Waals surface area contributed by atoms with Gasteiger partial charge < -0.3 is 9.47 Å². The Bertz CT molecular complexity index is 866. The Morgan fingerprint density at radius 2 is 1.54 bits per heavy atom. The zero-order chi connectivity index (χ0) is 20.9. The van der Waals surface area contributed by atoms with Crippen LogP contribution in [0.25, 0.3) is 0 Å². The summed E-state index contributed by atoms with van der Waals surface area (Å²) in [6.45, 7) is 3.67. The average Bonchev–Trinajstić information content (AvgIpc) is 2.65. The van der Waals surface area contributed by atoms with E-state index < -0.39 is 23.6 Å². The van der Waals surface area contributed by atoms with Gasteiger partial charge in [0.2, 0.25) is 0 Å². The minimum atomic E-state index is -4.57. The van der Waals surface area contributed by atoms with Crippen molar-refractivity contribution < 1.29 is 32.2 Å². The van der Waals surface area contributed by atoms with Crippen LogP contribution >= 0.6 is 0 Å². The molecule has 2 N–H and O–H groups in total. The molecule has 0 saturated heterocycles. The van der Waals surface area contributed by atoms with Crippen molar-refractivity contribution in [3.8, 4) is 11.5 Å². The summed E-state index contributed by atoms with van der Waals surface area (Å²) in [5.74, 6) is -0.784. The number of ether oxygens (including phenoxy) is 2. The summed E-state index contributed by atoms with van der Waals surface area (Å²) in [5, 5.41) is 0. The van der Waals surface area contributed by atoms with Crippen molar-refractivity contribution in [2.45, 2.75) is 26.1 Å².